The smallest absolute Gasteiger partial charge is 0.317 e. The van der Waals surface area contributed by atoms with Crippen LogP contribution in [-0.4, -0.2) is 48.6 Å². The lowest BCUT2D eigenvalue weighted by molar-refractivity contribution is -0.138. The van der Waals surface area contributed by atoms with Crippen LogP contribution in [0.2, 0.25) is 0 Å². The SMILES string of the molecule is CN1C(=O)C2(CCN(CC(=O)O)C2)c2ccccc21. The number of fused-ring (bicyclic) bond motifs is 2. The number of carboxylic acids is 1. The van der Waals surface area contributed by atoms with Gasteiger partial charge in [0, 0.05) is 25.8 Å². The molecule has 3 rings (SSSR count). The molecule has 0 radical (unpaired) electrons. The molecule has 1 spiro atoms. The van der Waals surface area contributed by atoms with Gasteiger partial charge < -0.3 is 10.0 Å². The number of aliphatic carboxylic acids is 1. The molecule has 2 aliphatic heterocycles. The van der Waals surface area contributed by atoms with E-state index >= 15 is 0 Å². The number of carbonyl (C=O) groups excluding carboxylic acids is 1. The molecule has 1 atom stereocenters. The lowest BCUT2D eigenvalue weighted by atomic mass is 9.81. The molecule has 0 bridgehead atoms. The second kappa shape index (κ2) is 4.06. The zero-order valence-corrected chi connectivity index (χ0v) is 10.8. The first-order valence-electron chi connectivity index (χ1n) is 6.36. The Labute approximate surface area is 111 Å². The van der Waals surface area contributed by atoms with Crippen molar-refractivity contribution in [3.05, 3.63) is 29.8 Å². The minimum absolute atomic E-state index is 0.000904. The highest BCUT2D eigenvalue weighted by atomic mass is 16.4. The lowest BCUT2D eigenvalue weighted by Crippen LogP contribution is -2.41. The van der Waals surface area contributed by atoms with Gasteiger partial charge in [-0.25, -0.2) is 0 Å². The van der Waals surface area contributed by atoms with E-state index in [1.165, 1.54) is 0 Å². The molecule has 1 fully saturated rings. The number of carboxylic acid groups (broad SMARTS) is 1. The first kappa shape index (κ1) is 12.2. The molecular weight excluding hydrogens is 244 g/mol. The van der Waals surface area contributed by atoms with E-state index in [-0.39, 0.29) is 12.5 Å². The van der Waals surface area contributed by atoms with E-state index in [4.69, 9.17) is 5.11 Å². The second-order valence-electron chi connectivity index (χ2n) is 5.32. The van der Waals surface area contributed by atoms with Crippen LogP contribution in [0, 0.1) is 0 Å². The normalized spacial score (nSPS) is 26.2. The van der Waals surface area contributed by atoms with Crippen LogP contribution in [0.3, 0.4) is 0 Å². The summed E-state index contributed by atoms with van der Waals surface area (Å²) < 4.78 is 0. The van der Waals surface area contributed by atoms with Crippen molar-refractivity contribution in [3.8, 4) is 0 Å². The number of benzene rings is 1. The van der Waals surface area contributed by atoms with Crippen LogP contribution in [-0.2, 0) is 15.0 Å². The fourth-order valence-electron chi connectivity index (χ4n) is 3.33. The van der Waals surface area contributed by atoms with Crippen LogP contribution in [0.15, 0.2) is 24.3 Å². The number of nitrogens with zero attached hydrogens (tertiary/aromatic N) is 2. The third-order valence-electron chi connectivity index (χ3n) is 4.20. The van der Waals surface area contributed by atoms with Crippen LogP contribution in [0.5, 0.6) is 0 Å². The van der Waals surface area contributed by atoms with Gasteiger partial charge in [0.2, 0.25) is 5.91 Å². The average molecular weight is 260 g/mol. The predicted molar refractivity (Wildman–Crippen MR) is 70.2 cm³/mol. The third kappa shape index (κ3) is 1.65. The number of amides is 1. The quantitative estimate of drug-likeness (QED) is 0.850. The molecule has 1 N–H and O–H groups in total. The minimum atomic E-state index is -0.843. The van der Waals surface area contributed by atoms with Crippen LogP contribution < -0.4 is 4.90 Å². The number of likely N-dealkylation sites (tertiary alicyclic amines) is 1. The van der Waals surface area contributed by atoms with Gasteiger partial charge in [0.25, 0.3) is 0 Å². The molecule has 5 nitrogen and oxygen atoms in total. The summed E-state index contributed by atoms with van der Waals surface area (Å²) in [6, 6.07) is 7.79. The van der Waals surface area contributed by atoms with E-state index in [2.05, 4.69) is 0 Å². The van der Waals surface area contributed by atoms with E-state index < -0.39 is 11.4 Å². The van der Waals surface area contributed by atoms with E-state index in [0.29, 0.717) is 19.5 Å². The Morgan fingerprint density at radius 2 is 2.16 bits per heavy atom. The highest BCUT2D eigenvalue weighted by molar-refractivity contribution is 6.08. The Morgan fingerprint density at radius 1 is 1.42 bits per heavy atom. The molecule has 0 aliphatic carbocycles. The average Bonchev–Trinajstić information content (AvgIpc) is 2.88. The van der Waals surface area contributed by atoms with Gasteiger partial charge in [0.15, 0.2) is 0 Å². The molecule has 19 heavy (non-hydrogen) atoms. The number of anilines is 1. The monoisotopic (exact) mass is 260 g/mol. The topological polar surface area (TPSA) is 60.9 Å². The number of carbonyl (C=O) groups is 2. The highest BCUT2D eigenvalue weighted by Crippen LogP contribution is 2.46. The Kier molecular flexibility index (Phi) is 2.60. The van der Waals surface area contributed by atoms with Crippen molar-refractivity contribution in [1.29, 1.82) is 0 Å². The summed E-state index contributed by atoms with van der Waals surface area (Å²) in [7, 11) is 1.79. The van der Waals surface area contributed by atoms with Gasteiger partial charge in [0.05, 0.1) is 12.0 Å². The largest absolute Gasteiger partial charge is 0.480 e. The predicted octanol–water partition coefficient (Wildman–Crippen LogP) is 0.691. The van der Waals surface area contributed by atoms with Crippen molar-refractivity contribution < 1.29 is 14.7 Å². The lowest BCUT2D eigenvalue weighted by Gasteiger charge is -2.22. The van der Waals surface area contributed by atoms with Crippen molar-refractivity contribution in [2.24, 2.45) is 0 Å². The van der Waals surface area contributed by atoms with Gasteiger partial charge in [-0.2, -0.15) is 0 Å². The zero-order valence-electron chi connectivity index (χ0n) is 10.8. The fraction of sp³-hybridized carbons (Fsp3) is 0.429. The minimum Gasteiger partial charge on any atom is -0.480 e. The van der Waals surface area contributed by atoms with Crippen LogP contribution in [0.25, 0.3) is 0 Å². The Hall–Kier alpha value is -1.88. The van der Waals surface area contributed by atoms with Crippen LogP contribution >= 0.6 is 0 Å². The summed E-state index contributed by atoms with van der Waals surface area (Å²) in [5.41, 5.74) is 1.45. The van der Waals surface area contributed by atoms with Crippen molar-refractivity contribution in [2.45, 2.75) is 11.8 Å². The van der Waals surface area contributed by atoms with Crippen molar-refractivity contribution in [2.75, 3.05) is 31.6 Å². The summed E-state index contributed by atoms with van der Waals surface area (Å²) in [6.07, 6.45) is 0.695. The van der Waals surface area contributed by atoms with E-state index in [1.807, 2.05) is 29.2 Å². The summed E-state index contributed by atoms with van der Waals surface area (Å²) in [4.78, 5) is 26.9. The van der Waals surface area contributed by atoms with Gasteiger partial charge >= 0.3 is 5.97 Å². The molecular formula is C14H16N2O3. The molecule has 1 aromatic rings. The first-order chi connectivity index (χ1) is 9.04. The molecule has 1 aromatic carbocycles. The third-order valence-corrected chi connectivity index (χ3v) is 4.20. The zero-order chi connectivity index (χ0) is 13.6. The maximum absolute atomic E-state index is 12.6. The molecule has 1 amide bonds. The maximum Gasteiger partial charge on any atom is 0.317 e. The number of para-hydroxylation sites is 1. The summed E-state index contributed by atoms with van der Waals surface area (Å²) >= 11 is 0. The molecule has 5 heteroatoms. The molecule has 1 saturated heterocycles. The Bertz CT molecular complexity index is 557. The van der Waals surface area contributed by atoms with Crippen molar-refractivity contribution >= 4 is 17.6 Å². The molecule has 100 valence electrons. The van der Waals surface area contributed by atoms with Crippen LogP contribution in [0.1, 0.15) is 12.0 Å². The molecule has 1 unspecified atom stereocenters. The van der Waals surface area contributed by atoms with E-state index in [1.54, 1.807) is 11.9 Å². The van der Waals surface area contributed by atoms with Crippen molar-refractivity contribution in [3.63, 3.8) is 0 Å². The van der Waals surface area contributed by atoms with E-state index in [9.17, 15) is 9.59 Å². The highest BCUT2D eigenvalue weighted by Gasteiger charge is 2.53. The van der Waals surface area contributed by atoms with Gasteiger partial charge in [-0.05, 0) is 18.1 Å². The van der Waals surface area contributed by atoms with E-state index in [0.717, 1.165) is 11.3 Å². The summed E-state index contributed by atoms with van der Waals surface area (Å²) in [5, 5.41) is 8.88. The number of likely N-dealkylation sites (N-methyl/N-ethyl adjacent to an activating group) is 1. The Morgan fingerprint density at radius 3 is 2.89 bits per heavy atom. The summed E-state index contributed by atoms with van der Waals surface area (Å²) in [6.45, 7) is 1.15. The Balaban J connectivity index is 1.97. The van der Waals surface area contributed by atoms with Crippen molar-refractivity contribution in [1.82, 2.24) is 4.90 Å². The van der Waals surface area contributed by atoms with Gasteiger partial charge in [-0.15, -0.1) is 0 Å². The molecule has 2 heterocycles. The number of rotatable bonds is 2. The molecule has 0 saturated carbocycles. The standard InChI is InChI=1S/C14H16N2O3/c1-15-11-5-3-2-4-10(11)14(13(15)19)6-7-16(9-14)8-12(17)18/h2-5H,6-9H2,1H3,(H,17,18). The maximum atomic E-state index is 12.6. The van der Waals surface area contributed by atoms with Gasteiger partial charge in [-0.3, -0.25) is 14.5 Å². The van der Waals surface area contributed by atoms with Gasteiger partial charge in [0.1, 0.15) is 0 Å². The first-order valence-corrected chi connectivity index (χ1v) is 6.36. The number of hydrogen-bond donors (Lipinski definition) is 1. The second-order valence-corrected chi connectivity index (χ2v) is 5.32. The molecule has 0 aromatic heterocycles. The number of hydrogen-bond acceptors (Lipinski definition) is 3. The van der Waals surface area contributed by atoms with Gasteiger partial charge in [-0.1, -0.05) is 18.2 Å². The fourth-order valence-corrected chi connectivity index (χ4v) is 3.33. The summed E-state index contributed by atoms with van der Waals surface area (Å²) in [5.74, 6) is -0.759. The van der Waals surface area contributed by atoms with Crippen LogP contribution in [0.4, 0.5) is 5.69 Å². The molecule has 2 aliphatic rings.